The summed E-state index contributed by atoms with van der Waals surface area (Å²) in [5.41, 5.74) is 1.64. The number of aromatic nitrogens is 1. The molecule has 28 heavy (non-hydrogen) atoms. The molecule has 0 radical (unpaired) electrons. The summed E-state index contributed by atoms with van der Waals surface area (Å²) >= 11 is 0. The molecule has 0 atom stereocenters. The maximum Gasteiger partial charge on any atom is 0.275 e. The number of oxazole rings is 1. The van der Waals surface area contributed by atoms with Crippen molar-refractivity contribution in [3.05, 3.63) is 47.7 Å². The summed E-state index contributed by atoms with van der Waals surface area (Å²) < 4.78 is 11.0. The standard InChI is InChI=1S/C22H29N3O3/c1-27-19-7-5-6-18(12-19)14-24(13-17-8-9-17)15-21-23-20(16-28-21)22(26)25-10-3-2-4-11-25/h5-7,12,16-17H,2-4,8-11,13-15H2,1H3. The lowest BCUT2D eigenvalue weighted by Crippen LogP contribution is -2.35. The third kappa shape index (κ3) is 4.93. The molecule has 1 saturated carbocycles. The lowest BCUT2D eigenvalue weighted by atomic mass is 10.1. The zero-order valence-electron chi connectivity index (χ0n) is 16.6. The van der Waals surface area contributed by atoms with E-state index in [1.807, 2.05) is 17.0 Å². The number of amides is 1. The Bertz CT molecular complexity index is 794. The second kappa shape index (κ2) is 8.78. The quantitative estimate of drug-likeness (QED) is 0.695. The predicted molar refractivity (Wildman–Crippen MR) is 106 cm³/mol. The second-order valence-corrected chi connectivity index (χ2v) is 7.94. The first-order chi connectivity index (χ1) is 13.7. The SMILES string of the molecule is COc1cccc(CN(Cc2nc(C(=O)N3CCCCC3)co2)CC2CC2)c1. The van der Waals surface area contributed by atoms with E-state index in [0.29, 0.717) is 18.1 Å². The number of carbonyl (C=O) groups is 1. The van der Waals surface area contributed by atoms with Gasteiger partial charge in [0.15, 0.2) is 5.69 Å². The molecule has 1 aromatic carbocycles. The van der Waals surface area contributed by atoms with Gasteiger partial charge in [-0.25, -0.2) is 4.98 Å². The number of hydrogen-bond donors (Lipinski definition) is 0. The van der Waals surface area contributed by atoms with E-state index in [-0.39, 0.29) is 5.91 Å². The van der Waals surface area contributed by atoms with E-state index in [0.717, 1.165) is 50.7 Å². The topological polar surface area (TPSA) is 58.8 Å². The van der Waals surface area contributed by atoms with Crippen LogP contribution in [0.3, 0.4) is 0 Å². The third-order valence-corrected chi connectivity index (χ3v) is 5.53. The lowest BCUT2D eigenvalue weighted by Gasteiger charge is -2.25. The largest absolute Gasteiger partial charge is 0.497 e. The maximum atomic E-state index is 12.6. The Hall–Kier alpha value is -2.34. The molecule has 0 bridgehead atoms. The van der Waals surface area contributed by atoms with Gasteiger partial charge in [0.25, 0.3) is 5.91 Å². The highest BCUT2D eigenvalue weighted by Crippen LogP contribution is 2.31. The van der Waals surface area contributed by atoms with Gasteiger partial charge in [-0.1, -0.05) is 12.1 Å². The van der Waals surface area contributed by atoms with Gasteiger partial charge >= 0.3 is 0 Å². The monoisotopic (exact) mass is 383 g/mol. The molecule has 0 spiro atoms. The molecule has 0 N–H and O–H groups in total. The highest BCUT2D eigenvalue weighted by Gasteiger charge is 2.26. The maximum absolute atomic E-state index is 12.6. The average molecular weight is 383 g/mol. The number of rotatable bonds is 8. The van der Waals surface area contributed by atoms with Crippen molar-refractivity contribution in [3.63, 3.8) is 0 Å². The number of carbonyl (C=O) groups excluding carboxylic acids is 1. The third-order valence-electron chi connectivity index (χ3n) is 5.53. The summed E-state index contributed by atoms with van der Waals surface area (Å²) in [5, 5.41) is 0. The van der Waals surface area contributed by atoms with Gasteiger partial charge in [-0.2, -0.15) is 0 Å². The van der Waals surface area contributed by atoms with Crippen molar-refractivity contribution in [2.75, 3.05) is 26.7 Å². The van der Waals surface area contributed by atoms with Crippen LogP contribution in [0.2, 0.25) is 0 Å². The summed E-state index contributed by atoms with van der Waals surface area (Å²) in [7, 11) is 1.69. The first-order valence-corrected chi connectivity index (χ1v) is 10.3. The van der Waals surface area contributed by atoms with Gasteiger partial charge in [0, 0.05) is 26.2 Å². The number of benzene rings is 1. The van der Waals surface area contributed by atoms with Crippen LogP contribution in [0.5, 0.6) is 5.75 Å². The predicted octanol–water partition coefficient (Wildman–Crippen LogP) is 3.72. The van der Waals surface area contributed by atoms with E-state index in [4.69, 9.17) is 9.15 Å². The van der Waals surface area contributed by atoms with Crippen molar-refractivity contribution < 1.29 is 13.9 Å². The molecule has 1 amide bonds. The molecule has 2 heterocycles. The van der Waals surface area contributed by atoms with Crippen molar-refractivity contribution in [2.24, 2.45) is 5.92 Å². The Labute approximate surface area is 166 Å². The molecule has 6 heteroatoms. The number of nitrogens with zero attached hydrogens (tertiary/aromatic N) is 3. The highest BCUT2D eigenvalue weighted by atomic mass is 16.5. The van der Waals surface area contributed by atoms with Crippen LogP contribution in [0.15, 0.2) is 34.9 Å². The average Bonchev–Trinajstić information content (AvgIpc) is 3.43. The Morgan fingerprint density at radius 3 is 2.82 bits per heavy atom. The Morgan fingerprint density at radius 1 is 1.25 bits per heavy atom. The number of ether oxygens (including phenoxy) is 1. The van der Waals surface area contributed by atoms with Crippen LogP contribution in [-0.2, 0) is 13.1 Å². The van der Waals surface area contributed by atoms with Crippen LogP contribution in [0.4, 0.5) is 0 Å². The number of likely N-dealkylation sites (tertiary alicyclic amines) is 1. The van der Waals surface area contributed by atoms with E-state index in [9.17, 15) is 4.79 Å². The van der Waals surface area contributed by atoms with Crippen molar-refractivity contribution in [3.8, 4) is 5.75 Å². The van der Waals surface area contributed by atoms with Crippen LogP contribution in [0, 0.1) is 5.92 Å². The van der Waals surface area contributed by atoms with Crippen LogP contribution in [-0.4, -0.2) is 47.4 Å². The number of methoxy groups -OCH3 is 1. The summed E-state index contributed by atoms with van der Waals surface area (Å²) in [6, 6.07) is 8.16. The normalized spacial score (nSPS) is 17.1. The molecule has 1 aliphatic carbocycles. The van der Waals surface area contributed by atoms with Gasteiger partial charge in [-0.15, -0.1) is 0 Å². The van der Waals surface area contributed by atoms with E-state index in [1.54, 1.807) is 7.11 Å². The lowest BCUT2D eigenvalue weighted by molar-refractivity contribution is 0.0718. The van der Waals surface area contributed by atoms with Crippen LogP contribution < -0.4 is 4.74 Å². The fraction of sp³-hybridized carbons (Fsp3) is 0.545. The zero-order valence-corrected chi connectivity index (χ0v) is 16.6. The molecule has 2 fully saturated rings. The summed E-state index contributed by atoms with van der Waals surface area (Å²) in [6.45, 7) is 4.09. The first-order valence-electron chi connectivity index (χ1n) is 10.3. The summed E-state index contributed by atoms with van der Waals surface area (Å²) in [6.07, 6.45) is 7.46. The van der Waals surface area contributed by atoms with Gasteiger partial charge in [-0.3, -0.25) is 9.69 Å². The fourth-order valence-corrected chi connectivity index (χ4v) is 3.81. The highest BCUT2D eigenvalue weighted by molar-refractivity contribution is 5.92. The van der Waals surface area contributed by atoms with Crippen LogP contribution >= 0.6 is 0 Å². The molecule has 0 unspecified atom stereocenters. The Morgan fingerprint density at radius 2 is 2.07 bits per heavy atom. The molecular weight excluding hydrogens is 354 g/mol. The van der Waals surface area contributed by atoms with Crippen LogP contribution in [0.25, 0.3) is 0 Å². The molecular formula is C22H29N3O3. The first kappa shape index (κ1) is 19.0. The van der Waals surface area contributed by atoms with E-state index < -0.39 is 0 Å². The minimum absolute atomic E-state index is 0.00348. The van der Waals surface area contributed by atoms with Gasteiger partial charge < -0.3 is 14.1 Å². The van der Waals surface area contributed by atoms with Gasteiger partial charge in [0.05, 0.1) is 13.7 Å². The van der Waals surface area contributed by atoms with Crippen molar-refractivity contribution in [2.45, 2.75) is 45.2 Å². The van der Waals surface area contributed by atoms with E-state index in [2.05, 4.69) is 22.0 Å². The smallest absolute Gasteiger partial charge is 0.275 e. The summed E-state index contributed by atoms with van der Waals surface area (Å²) in [4.78, 5) is 21.4. The molecule has 6 nitrogen and oxygen atoms in total. The minimum atomic E-state index is -0.00348. The fourth-order valence-electron chi connectivity index (χ4n) is 3.81. The zero-order chi connectivity index (χ0) is 19.3. The molecule has 1 aliphatic heterocycles. The molecule has 4 rings (SSSR count). The van der Waals surface area contributed by atoms with Crippen molar-refractivity contribution in [1.82, 2.24) is 14.8 Å². The van der Waals surface area contributed by atoms with E-state index in [1.165, 1.54) is 31.1 Å². The minimum Gasteiger partial charge on any atom is -0.497 e. The van der Waals surface area contributed by atoms with Gasteiger partial charge in [0.1, 0.15) is 12.0 Å². The van der Waals surface area contributed by atoms with Crippen molar-refractivity contribution >= 4 is 5.91 Å². The van der Waals surface area contributed by atoms with Gasteiger partial charge in [-0.05, 0) is 55.7 Å². The molecule has 150 valence electrons. The number of hydrogen-bond acceptors (Lipinski definition) is 5. The van der Waals surface area contributed by atoms with Gasteiger partial charge in [0.2, 0.25) is 5.89 Å². The Balaban J connectivity index is 1.41. The molecule has 1 aromatic heterocycles. The molecule has 2 aromatic rings. The molecule has 2 aliphatic rings. The summed E-state index contributed by atoms with van der Waals surface area (Å²) in [5.74, 6) is 2.24. The Kier molecular flexibility index (Phi) is 5.95. The molecule has 1 saturated heterocycles. The van der Waals surface area contributed by atoms with Crippen molar-refractivity contribution in [1.29, 1.82) is 0 Å². The van der Waals surface area contributed by atoms with Crippen LogP contribution in [0.1, 0.15) is 54.0 Å². The van der Waals surface area contributed by atoms with E-state index >= 15 is 0 Å². The second-order valence-electron chi connectivity index (χ2n) is 7.94. The number of piperidine rings is 1.